The first-order chi connectivity index (χ1) is 12.4. The fourth-order valence-corrected chi connectivity index (χ4v) is 3.45. The second-order valence-corrected chi connectivity index (χ2v) is 7.26. The highest BCUT2D eigenvalue weighted by molar-refractivity contribution is 7.99. The number of aryl methyl sites for hydroxylation is 1. The summed E-state index contributed by atoms with van der Waals surface area (Å²) >= 11 is 13.1. The third-order valence-electron chi connectivity index (χ3n) is 3.64. The quantitative estimate of drug-likeness (QED) is 0.526. The third-order valence-corrected chi connectivity index (χ3v) is 5.34. The average molecular weight is 409 g/mol. The van der Waals surface area contributed by atoms with Crippen molar-refractivity contribution in [2.75, 3.05) is 11.1 Å². The fraction of sp³-hybridized carbons (Fsp3) is 0.176. The zero-order valence-electron chi connectivity index (χ0n) is 13.9. The van der Waals surface area contributed by atoms with Crippen LogP contribution >= 0.6 is 35.0 Å². The summed E-state index contributed by atoms with van der Waals surface area (Å²) in [6.07, 6.45) is 0. The number of para-hydroxylation sites is 1. The summed E-state index contributed by atoms with van der Waals surface area (Å²) in [4.78, 5) is 33.2. The zero-order valence-corrected chi connectivity index (χ0v) is 16.2. The van der Waals surface area contributed by atoms with Crippen LogP contribution in [-0.4, -0.2) is 26.2 Å². The number of nitrogens with zero attached hydrogens (tertiary/aromatic N) is 3. The highest BCUT2D eigenvalue weighted by atomic mass is 35.5. The highest BCUT2D eigenvalue weighted by Crippen LogP contribution is 2.26. The molecule has 1 aromatic carbocycles. The maximum atomic E-state index is 12.4. The van der Waals surface area contributed by atoms with Crippen LogP contribution in [0.25, 0.3) is 10.9 Å². The van der Waals surface area contributed by atoms with Crippen LogP contribution in [0.5, 0.6) is 0 Å². The van der Waals surface area contributed by atoms with Gasteiger partial charge in [0.15, 0.2) is 11.0 Å². The molecule has 9 heteroatoms. The molecule has 0 atom stereocenters. The van der Waals surface area contributed by atoms with Gasteiger partial charge in [-0.05, 0) is 25.1 Å². The molecule has 3 aromatic rings. The van der Waals surface area contributed by atoms with Gasteiger partial charge in [0.05, 0.1) is 32.4 Å². The molecule has 0 fully saturated rings. The van der Waals surface area contributed by atoms with E-state index in [1.54, 1.807) is 32.2 Å². The molecule has 0 radical (unpaired) electrons. The average Bonchev–Trinajstić information content (AvgIpc) is 2.61. The minimum Gasteiger partial charge on any atom is -0.309 e. The number of pyridine rings is 1. The number of halogens is 2. The second-order valence-electron chi connectivity index (χ2n) is 5.50. The van der Waals surface area contributed by atoms with Crippen molar-refractivity contribution >= 4 is 57.6 Å². The summed E-state index contributed by atoms with van der Waals surface area (Å²) < 4.78 is 1.43. The van der Waals surface area contributed by atoms with Crippen molar-refractivity contribution in [1.82, 2.24) is 14.5 Å². The molecule has 0 aliphatic rings. The standard InChI is InChI=1S/C17H14Cl2N4O2S/c1-9-11(18)7-12(19)15(20-9)22-14(24)8-26-17-21-13-6-4-3-5-10(13)16(25)23(17)2/h3-7H,8H2,1-2H3,(H,20,22,24). The Morgan fingerprint density at radius 3 is 2.73 bits per heavy atom. The largest absolute Gasteiger partial charge is 0.309 e. The summed E-state index contributed by atoms with van der Waals surface area (Å²) in [6.45, 7) is 1.72. The number of carbonyl (C=O) groups is 1. The molecule has 0 bridgehead atoms. The van der Waals surface area contributed by atoms with Crippen LogP contribution in [0.15, 0.2) is 40.3 Å². The predicted molar refractivity (Wildman–Crippen MR) is 105 cm³/mol. The minimum absolute atomic E-state index is 0.0539. The molecule has 1 amide bonds. The van der Waals surface area contributed by atoms with E-state index in [1.165, 1.54) is 10.6 Å². The van der Waals surface area contributed by atoms with E-state index >= 15 is 0 Å². The number of benzene rings is 1. The normalized spacial score (nSPS) is 10.9. The number of aromatic nitrogens is 3. The predicted octanol–water partition coefficient (Wildman–Crippen LogP) is 3.67. The summed E-state index contributed by atoms with van der Waals surface area (Å²) in [5.41, 5.74) is 1.01. The second kappa shape index (κ2) is 7.65. The maximum absolute atomic E-state index is 12.4. The Bertz CT molecular complexity index is 1070. The SMILES string of the molecule is Cc1nc(NC(=O)CSc2nc3ccccc3c(=O)n2C)c(Cl)cc1Cl. The summed E-state index contributed by atoms with van der Waals surface area (Å²) in [7, 11) is 1.63. The fourth-order valence-electron chi connectivity index (χ4n) is 2.27. The van der Waals surface area contributed by atoms with Crippen LogP contribution in [0.3, 0.4) is 0 Å². The molecule has 26 heavy (non-hydrogen) atoms. The lowest BCUT2D eigenvalue weighted by Gasteiger charge is -2.10. The van der Waals surface area contributed by atoms with Gasteiger partial charge in [-0.3, -0.25) is 14.2 Å². The van der Waals surface area contributed by atoms with Crippen LogP contribution in [0, 0.1) is 6.92 Å². The number of fused-ring (bicyclic) bond motifs is 1. The number of anilines is 1. The number of hydrogen-bond donors (Lipinski definition) is 1. The lowest BCUT2D eigenvalue weighted by Crippen LogP contribution is -2.21. The first-order valence-corrected chi connectivity index (χ1v) is 9.32. The van der Waals surface area contributed by atoms with E-state index in [9.17, 15) is 9.59 Å². The van der Waals surface area contributed by atoms with Gasteiger partial charge in [-0.25, -0.2) is 9.97 Å². The lowest BCUT2D eigenvalue weighted by atomic mass is 10.2. The molecule has 0 aliphatic heterocycles. The molecule has 6 nitrogen and oxygen atoms in total. The molecule has 2 aromatic heterocycles. The van der Waals surface area contributed by atoms with Crippen LogP contribution in [-0.2, 0) is 11.8 Å². The Balaban J connectivity index is 1.76. The monoisotopic (exact) mass is 408 g/mol. The Labute approximate surface area is 163 Å². The van der Waals surface area contributed by atoms with E-state index < -0.39 is 0 Å². The molecule has 0 saturated heterocycles. The molecule has 0 spiro atoms. The Morgan fingerprint density at radius 1 is 1.23 bits per heavy atom. The van der Waals surface area contributed by atoms with Crippen LogP contribution in [0.1, 0.15) is 5.69 Å². The van der Waals surface area contributed by atoms with Crippen LogP contribution < -0.4 is 10.9 Å². The van der Waals surface area contributed by atoms with Crippen molar-refractivity contribution in [1.29, 1.82) is 0 Å². The number of rotatable bonds is 4. The molecular formula is C17H14Cl2N4O2S. The molecule has 0 saturated carbocycles. The number of carbonyl (C=O) groups excluding carboxylic acids is 1. The van der Waals surface area contributed by atoms with Gasteiger partial charge in [0.2, 0.25) is 5.91 Å². The lowest BCUT2D eigenvalue weighted by molar-refractivity contribution is -0.113. The highest BCUT2D eigenvalue weighted by Gasteiger charge is 2.13. The minimum atomic E-state index is -0.312. The molecule has 2 heterocycles. The van der Waals surface area contributed by atoms with E-state index in [1.807, 2.05) is 6.07 Å². The van der Waals surface area contributed by atoms with Crippen molar-refractivity contribution in [2.45, 2.75) is 12.1 Å². The first kappa shape index (κ1) is 18.7. The van der Waals surface area contributed by atoms with E-state index in [0.717, 1.165) is 11.8 Å². The van der Waals surface area contributed by atoms with E-state index in [2.05, 4.69) is 15.3 Å². The molecule has 0 unspecified atom stereocenters. The number of thioether (sulfide) groups is 1. The van der Waals surface area contributed by atoms with Gasteiger partial charge in [-0.15, -0.1) is 0 Å². The molecule has 134 valence electrons. The summed E-state index contributed by atoms with van der Waals surface area (Å²) in [6, 6.07) is 8.62. The Morgan fingerprint density at radius 2 is 1.96 bits per heavy atom. The van der Waals surface area contributed by atoms with Crippen molar-refractivity contribution < 1.29 is 4.79 Å². The molecule has 3 rings (SSSR count). The Kier molecular flexibility index (Phi) is 5.50. The van der Waals surface area contributed by atoms with Gasteiger partial charge in [0.1, 0.15) is 0 Å². The number of hydrogen-bond acceptors (Lipinski definition) is 5. The molecule has 0 aliphatic carbocycles. The number of amides is 1. The first-order valence-electron chi connectivity index (χ1n) is 7.58. The topological polar surface area (TPSA) is 76.9 Å². The summed E-state index contributed by atoms with van der Waals surface area (Å²) in [5, 5.41) is 4.32. The van der Waals surface area contributed by atoms with Crippen molar-refractivity contribution in [2.24, 2.45) is 7.05 Å². The smallest absolute Gasteiger partial charge is 0.261 e. The maximum Gasteiger partial charge on any atom is 0.261 e. The van der Waals surface area contributed by atoms with Crippen LogP contribution in [0.2, 0.25) is 10.0 Å². The zero-order chi connectivity index (χ0) is 18.8. The van der Waals surface area contributed by atoms with Gasteiger partial charge in [0.25, 0.3) is 5.56 Å². The third kappa shape index (κ3) is 3.85. The van der Waals surface area contributed by atoms with Crippen molar-refractivity contribution in [3.63, 3.8) is 0 Å². The number of nitrogens with one attached hydrogen (secondary N) is 1. The van der Waals surface area contributed by atoms with Crippen LogP contribution in [0.4, 0.5) is 5.82 Å². The van der Waals surface area contributed by atoms with E-state index in [-0.39, 0.29) is 28.1 Å². The Hall–Kier alpha value is -2.09. The van der Waals surface area contributed by atoms with Gasteiger partial charge >= 0.3 is 0 Å². The summed E-state index contributed by atoms with van der Waals surface area (Å²) in [5.74, 6) is -0.00811. The van der Waals surface area contributed by atoms with Crippen molar-refractivity contribution in [3.05, 3.63) is 56.4 Å². The van der Waals surface area contributed by atoms with Gasteiger partial charge in [-0.1, -0.05) is 47.1 Å². The molecule has 1 N–H and O–H groups in total. The van der Waals surface area contributed by atoms with Gasteiger partial charge in [-0.2, -0.15) is 0 Å². The molecular weight excluding hydrogens is 395 g/mol. The van der Waals surface area contributed by atoms with Crippen molar-refractivity contribution in [3.8, 4) is 0 Å². The van der Waals surface area contributed by atoms with E-state index in [4.69, 9.17) is 23.2 Å². The van der Waals surface area contributed by atoms with Gasteiger partial charge < -0.3 is 5.32 Å². The van der Waals surface area contributed by atoms with Gasteiger partial charge in [0, 0.05) is 7.05 Å². The van der Waals surface area contributed by atoms with E-state index in [0.29, 0.717) is 26.8 Å².